The Kier molecular flexibility index (Phi) is 65.4. The molecule has 1 aromatic rings. The number of hydrogen-bond acceptors (Lipinski definition) is 3. The first kappa shape index (κ1) is 78.6. The van der Waals surface area contributed by atoms with Crippen molar-refractivity contribution in [2.45, 2.75) is 43.9 Å². The molecule has 2 unspecified atom stereocenters. The molecule has 0 aromatic heterocycles. The summed E-state index contributed by atoms with van der Waals surface area (Å²) in [6.45, 7) is 4.70. The first-order chi connectivity index (χ1) is 34.9. The minimum absolute atomic E-state index is 0.308. The average molecular weight is 2040 g/mol. The van der Waals surface area contributed by atoms with Crippen LogP contribution in [0.3, 0.4) is 0 Å². The fraction of sp³-hybridized carbons (Fsp3) is 0.500. The molecular weight excluding hydrogens is 2030 g/mol. The van der Waals surface area contributed by atoms with E-state index in [9.17, 15) is 4.79 Å². The minimum atomic E-state index is 0.308. The molecule has 0 heterocycles. The Morgan fingerprint density at radius 3 is 0.676 bits per heavy atom. The quantitative estimate of drug-likeness (QED) is 0.399. The maximum absolute atomic E-state index is 11.0. The van der Waals surface area contributed by atoms with Crippen LogP contribution in [0.5, 0.6) is 0 Å². The highest BCUT2D eigenvalue weighted by Crippen LogP contribution is 2.60. The normalized spacial score (nSPS) is 14.0. The lowest BCUT2D eigenvalue weighted by molar-refractivity contribution is 0.112. The summed E-state index contributed by atoms with van der Waals surface area (Å²) >= 11 is 13.1. The third-order valence-corrected chi connectivity index (χ3v) is 122. The Labute approximate surface area is 581 Å². The molecule has 0 saturated heterocycles. The number of benzene rings is 1. The van der Waals surface area contributed by atoms with E-state index in [1.807, 2.05) is 346 Å². The number of rotatable bonds is 1. The number of aldehydes is 1. The van der Waals surface area contributed by atoms with Crippen LogP contribution in [0.1, 0.15) is 54.6 Å². The van der Waals surface area contributed by atoms with E-state index in [-0.39, 0.29) is 0 Å². The van der Waals surface area contributed by atoms with Gasteiger partial charge in [-0.3, -0.25) is 4.79 Å². The zero-order chi connectivity index (χ0) is 51.0. The Hall–Kier alpha value is 11.5. The Morgan fingerprint density at radius 2 is 0.507 bits per heavy atom. The van der Waals surface area contributed by atoms with Gasteiger partial charge in [0.25, 0.3) is 0 Å². The second-order valence-electron chi connectivity index (χ2n) is 9.44. The largest absolute Gasteiger partial charge is 0.298 e. The van der Waals surface area contributed by atoms with Crippen LogP contribution in [0.2, 0.25) is 0 Å². The summed E-state index contributed by atoms with van der Waals surface area (Å²) in [7, 11) is 94.9. The lowest BCUT2D eigenvalue weighted by atomic mass is 9.78. The summed E-state index contributed by atoms with van der Waals surface area (Å²) in [5, 5.41) is 0. The molecule has 0 spiro atoms. The van der Waals surface area contributed by atoms with Crippen LogP contribution in [0.15, 0.2) is 16.6 Å². The maximum atomic E-state index is 11.0. The van der Waals surface area contributed by atoms with Gasteiger partial charge in [0.15, 0.2) is 6.29 Å². The van der Waals surface area contributed by atoms with Crippen molar-refractivity contribution in [3.05, 3.63) is 33.3 Å². The Morgan fingerprint density at radius 1 is 0.338 bits per heavy atom. The molecule has 3 rings (SSSR count). The van der Waals surface area contributed by atoms with Gasteiger partial charge in [-0.05, 0) is 53.4 Å². The SMILES string of the molecule is CC12CCC(C)(C1)c1cc(C=O)c(Br)cc12.S=S=S=S=S=S=S=S=S=S=S=S=S=S=S=S=S=S=S=S=S=S=S=S=S=S=S=S=S=S=S=S=S=S=S=S=S=S=S=S=S=S=S=S=S=S=S=S=S=S=S=S=S=S=S. The molecule has 1 saturated carbocycles. The van der Waals surface area contributed by atoms with Crippen molar-refractivity contribution in [2.75, 3.05) is 0 Å². The van der Waals surface area contributed by atoms with Crippen LogP contribution >= 0.6 is 15.9 Å². The van der Waals surface area contributed by atoms with E-state index in [2.05, 4.69) is 41.9 Å². The zero-order valence-corrected chi connectivity index (χ0v) is 78.6. The monoisotopic (exact) mass is 2040 g/mol. The van der Waals surface area contributed by atoms with E-state index < -0.39 is 0 Å². The topological polar surface area (TPSA) is 17.1 Å². The van der Waals surface area contributed by atoms with Crippen molar-refractivity contribution in [3.8, 4) is 0 Å². The van der Waals surface area contributed by atoms with Gasteiger partial charge in [0.2, 0.25) is 0 Å². The predicted molar refractivity (Wildman–Crippen MR) is 473 cm³/mol. The second-order valence-corrected chi connectivity index (χ2v) is 104. The summed E-state index contributed by atoms with van der Waals surface area (Å²) in [5.41, 5.74) is 4.30. The van der Waals surface area contributed by atoms with Gasteiger partial charge < -0.3 is 0 Å². The van der Waals surface area contributed by atoms with Crippen LogP contribution in [0, 0.1) is 0 Å². The van der Waals surface area contributed by atoms with Crippen molar-refractivity contribution >= 4 is 515 Å². The highest BCUT2D eigenvalue weighted by atomic mass is 79.9. The number of fused-ring (bicyclic) bond motifs is 5. The van der Waals surface area contributed by atoms with Crippen molar-refractivity contribution in [2.24, 2.45) is 0 Å². The average Bonchev–Trinajstić information content (AvgIpc) is 3.81. The van der Waals surface area contributed by atoms with Crippen LogP contribution in [-0.4, -0.2) is 6.29 Å². The molecule has 2 bridgehead atoms. The molecule has 0 radical (unpaired) electrons. The molecule has 2 aliphatic carbocycles. The molecule has 1 fully saturated rings. The number of carbonyl (C=O) groups excluding carboxylic acids is 1. The van der Waals surface area contributed by atoms with Crippen molar-refractivity contribution < 1.29 is 4.79 Å². The molecule has 57 heteroatoms. The smallest absolute Gasteiger partial charge is 0.151 e. The lowest BCUT2D eigenvalue weighted by Gasteiger charge is -2.27. The number of hydrogen-bond donors (Lipinski definition) is 0. The molecule has 414 valence electrons. The van der Waals surface area contributed by atoms with Gasteiger partial charge in [-0.1, -0.05) is 29.8 Å². The summed E-state index contributed by atoms with van der Waals surface area (Å²) in [4.78, 5) is 11.0. The fourth-order valence-corrected chi connectivity index (χ4v) is 145. The molecule has 0 N–H and O–H groups in total. The van der Waals surface area contributed by atoms with E-state index in [1.165, 1.54) is 48.2 Å². The highest BCUT2D eigenvalue weighted by Gasteiger charge is 2.52. The van der Waals surface area contributed by atoms with Gasteiger partial charge in [0, 0.05) is 503 Å². The van der Waals surface area contributed by atoms with Crippen molar-refractivity contribution in [3.63, 3.8) is 0 Å². The van der Waals surface area contributed by atoms with Crippen LogP contribution in [0.25, 0.3) is 0 Å². The molecule has 1 aromatic carbocycles. The van der Waals surface area contributed by atoms with Crippen molar-refractivity contribution in [1.82, 2.24) is 0 Å². The standard InChI is InChI=1S/C14H15BrO.S55/c1-13-3-4-14(2,8-13)11-6-12(15)9(7-16)5-10(11)13;1-3-5-7-9-11-13-15-17-19-21-23-25-27-29-31-33-35-37-39-41-43-45-47-49-51-53-55-54-52-50-48-46-44-42-40-38-36-34-32-30-28-26-24-22-20-18-16-14-12-10-8-6-4-2/h5-7H,3-4,8H2,1-2H3;. The maximum Gasteiger partial charge on any atom is 0.151 e. The Balaban J connectivity index is 0.000000889. The molecule has 2 aliphatic rings. The Bertz CT molecular complexity index is 4520. The summed E-state index contributed by atoms with van der Waals surface area (Å²) in [6.07, 6.45) is 4.73. The first-order valence-corrected chi connectivity index (χ1v) is 87.6. The van der Waals surface area contributed by atoms with Crippen LogP contribution < -0.4 is 0 Å². The molecule has 0 amide bonds. The van der Waals surface area contributed by atoms with Crippen LogP contribution in [-0.2, 0) is 504 Å². The van der Waals surface area contributed by atoms with E-state index in [0.717, 1.165) is 16.3 Å². The molecule has 0 aliphatic heterocycles. The lowest BCUT2D eigenvalue weighted by Crippen LogP contribution is -2.18. The van der Waals surface area contributed by atoms with Gasteiger partial charge in [-0.15, -0.1) is 0 Å². The fourth-order valence-electron chi connectivity index (χ4n) is 4.31. The zero-order valence-electron chi connectivity index (χ0n) is 32.1. The molecule has 71 heavy (non-hydrogen) atoms. The van der Waals surface area contributed by atoms with E-state index in [1.54, 1.807) is 107 Å². The molecule has 1 nitrogen and oxygen atoms in total. The predicted octanol–water partition coefficient (Wildman–Crippen LogP) is 3.84. The summed E-state index contributed by atoms with van der Waals surface area (Å²) in [6, 6.07) is 4.26. The van der Waals surface area contributed by atoms with Gasteiger partial charge >= 0.3 is 0 Å². The van der Waals surface area contributed by atoms with E-state index in [0.29, 0.717) is 10.8 Å². The third-order valence-electron chi connectivity index (χ3n) is 6.02. The van der Waals surface area contributed by atoms with Crippen molar-refractivity contribution in [1.29, 1.82) is 0 Å². The molecule has 2 atom stereocenters. The highest BCUT2D eigenvalue weighted by molar-refractivity contribution is 9.10. The number of halogens is 1. The van der Waals surface area contributed by atoms with Gasteiger partial charge in [-0.25, -0.2) is 0 Å². The van der Waals surface area contributed by atoms with Crippen LogP contribution in [0.4, 0.5) is 0 Å². The summed E-state index contributed by atoms with van der Waals surface area (Å²) < 4.78 is 0.943. The summed E-state index contributed by atoms with van der Waals surface area (Å²) in [5.74, 6) is 0. The number of carbonyl (C=O) groups is 1. The molecular formula is C14H15BrOS55. The first-order valence-electron chi connectivity index (χ1n) is 14.8. The van der Waals surface area contributed by atoms with E-state index in [4.69, 9.17) is 22.4 Å². The minimum Gasteiger partial charge on any atom is -0.298 e. The van der Waals surface area contributed by atoms with Gasteiger partial charge in [0.1, 0.15) is 0 Å². The van der Waals surface area contributed by atoms with E-state index >= 15 is 0 Å². The van der Waals surface area contributed by atoms with Gasteiger partial charge in [0.05, 0.1) is 0 Å². The third kappa shape index (κ3) is 45.4. The van der Waals surface area contributed by atoms with Gasteiger partial charge in [-0.2, -0.15) is 0 Å². The second kappa shape index (κ2) is 59.1.